The number of benzene rings is 2. The fraction of sp³-hybridized carbons (Fsp3) is 0.571. The van der Waals surface area contributed by atoms with Crippen LogP contribution < -0.4 is 31.1 Å². The zero-order chi connectivity index (χ0) is 28.6. The minimum Gasteiger partial charge on any atom is -0.378 e. The molecule has 0 atom stereocenters. The van der Waals surface area contributed by atoms with Crippen molar-refractivity contribution in [2.45, 2.75) is 9.79 Å². The maximum absolute atomic E-state index is 13.5. The number of nitrogens with one attached hydrogen (secondary N) is 4. The van der Waals surface area contributed by atoms with Crippen LogP contribution in [0.3, 0.4) is 0 Å². The topological polar surface area (TPSA) is 126 Å². The Bertz CT molecular complexity index is 997. The molecular weight excluding hydrogens is 548 g/mol. The number of hydrogen-bond acceptors (Lipinski definition) is 12. The van der Waals surface area contributed by atoms with Crippen LogP contribution in [0, 0.1) is 0 Å². The van der Waals surface area contributed by atoms with Gasteiger partial charge in [0.05, 0.1) is 89.3 Å². The highest BCUT2D eigenvalue weighted by molar-refractivity contribution is 7.91. The molecule has 2 fully saturated rings. The summed E-state index contributed by atoms with van der Waals surface area (Å²) in [4.78, 5) is 4.74. The summed E-state index contributed by atoms with van der Waals surface area (Å²) < 4.78 is 49.1. The highest BCUT2D eigenvalue weighted by Crippen LogP contribution is 2.25. The third-order valence-corrected chi connectivity index (χ3v) is 8.46. The number of sulfone groups is 1. The van der Waals surface area contributed by atoms with Gasteiger partial charge in [0.2, 0.25) is 9.84 Å². The van der Waals surface area contributed by atoms with Crippen molar-refractivity contribution in [3.05, 3.63) is 48.5 Å². The molecule has 4 N–H and O–H groups in total. The summed E-state index contributed by atoms with van der Waals surface area (Å²) >= 11 is 0. The fourth-order valence-electron chi connectivity index (χ4n) is 4.36. The molecule has 2 aromatic carbocycles. The van der Waals surface area contributed by atoms with Crippen molar-refractivity contribution < 1.29 is 27.4 Å². The van der Waals surface area contributed by atoms with E-state index in [1.54, 1.807) is 24.3 Å². The van der Waals surface area contributed by atoms with E-state index in [4.69, 9.17) is 18.9 Å². The van der Waals surface area contributed by atoms with Gasteiger partial charge in [-0.25, -0.2) is 8.42 Å². The second kappa shape index (κ2) is 17.6. The molecule has 13 heteroatoms. The summed E-state index contributed by atoms with van der Waals surface area (Å²) in [5.41, 5.74) is 1.83. The maximum atomic E-state index is 13.5. The average Bonchev–Trinajstić information content (AvgIpc) is 3.04. The van der Waals surface area contributed by atoms with Crippen molar-refractivity contribution in [2.24, 2.45) is 0 Å². The number of hydrogen-bond donors (Lipinski definition) is 4. The Hall–Kier alpha value is -2.33. The summed E-state index contributed by atoms with van der Waals surface area (Å²) in [6.45, 7) is 10.0. The lowest BCUT2D eigenvalue weighted by Crippen LogP contribution is -2.42. The Morgan fingerprint density at radius 3 is 1.05 bits per heavy atom. The number of nitrogens with zero attached hydrogens (tertiary/aromatic N) is 2. The van der Waals surface area contributed by atoms with Gasteiger partial charge in [-0.3, -0.25) is 21.3 Å². The summed E-state index contributed by atoms with van der Waals surface area (Å²) in [6.07, 6.45) is 0. The van der Waals surface area contributed by atoms with Crippen molar-refractivity contribution in [2.75, 3.05) is 116 Å². The lowest BCUT2D eigenvalue weighted by molar-refractivity contribution is 0.0508. The second-order valence-electron chi connectivity index (χ2n) is 9.65. The van der Waals surface area contributed by atoms with E-state index in [1.807, 2.05) is 24.3 Å². The Balaban J connectivity index is 1.39. The molecule has 0 bridgehead atoms. The zero-order valence-electron chi connectivity index (χ0n) is 23.7. The van der Waals surface area contributed by atoms with E-state index < -0.39 is 9.84 Å². The normalized spacial score (nSPS) is 20.4. The molecule has 2 aliphatic heterocycles. The van der Waals surface area contributed by atoms with E-state index in [2.05, 4.69) is 31.1 Å². The first-order valence-corrected chi connectivity index (χ1v) is 15.7. The molecule has 2 aromatic rings. The van der Waals surface area contributed by atoms with Crippen LogP contribution in [0.5, 0.6) is 0 Å². The zero-order valence-corrected chi connectivity index (χ0v) is 24.5. The Morgan fingerprint density at radius 2 is 0.756 bits per heavy atom. The van der Waals surface area contributed by atoms with E-state index in [0.717, 1.165) is 11.4 Å². The van der Waals surface area contributed by atoms with Crippen LogP contribution in [0.4, 0.5) is 11.4 Å². The quantitative estimate of drug-likeness (QED) is 0.393. The van der Waals surface area contributed by atoms with E-state index >= 15 is 0 Å². The van der Waals surface area contributed by atoms with Gasteiger partial charge in [-0.05, 0) is 48.5 Å². The van der Waals surface area contributed by atoms with Gasteiger partial charge in [-0.15, -0.1) is 0 Å². The molecule has 0 aromatic heterocycles. The largest absolute Gasteiger partial charge is 0.378 e. The van der Waals surface area contributed by atoms with Crippen molar-refractivity contribution in [1.82, 2.24) is 21.3 Å². The van der Waals surface area contributed by atoms with Gasteiger partial charge < -0.3 is 28.7 Å². The summed E-state index contributed by atoms with van der Waals surface area (Å²) in [5.74, 6) is 0. The van der Waals surface area contributed by atoms with Gasteiger partial charge in [0.25, 0.3) is 0 Å². The Kier molecular flexibility index (Phi) is 13.6. The molecule has 0 spiro atoms. The molecule has 41 heavy (non-hydrogen) atoms. The Labute approximate surface area is 243 Å². The van der Waals surface area contributed by atoms with E-state index in [-0.39, 0.29) is 9.79 Å². The van der Waals surface area contributed by atoms with Gasteiger partial charge in [-0.1, -0.05) is 0 Å². The van der Waals surface area contributed by atoms with Crippen LogP contribution in [0.1, 0.15) is 0 Å². The van der Waals surface area contributed by atoms with E-state index in [9.17, 15) is 8.42 Å². The molecule has 0 unspecified atom stereocenters. The van der Waals surface area contributed by atoms with Crippen LogP contribution in [0.25, 0.3) is 0 Å². The van der Waals surface area contributed by atoms with Gasteiger partial charge in [-0.2, -0.15) is 0 Å². The third-order valence-electron chi connectivity index (χ3n) is 6.67. The smallest absolute Gasteiger partial charge is 0.206 e. The maximum Gasteiger partial charge on any atom is 0.206 e. The predicted octanol–water partition coefficient (Wildman–Crippen LogP) is 0.414. The van der Waals surface area contributed by atoms with Crippen LogP contribution in [0.2, 0.25) is 0 Å². The first-order valence-electron chi connectivity index (χ1n) is 14.2. The van der Waals surface area contributed by atoms with Gasteiger partial charge in [0.15, 0.2) is 0 Å². The molecule has 4 rings (SSSR count). The summed E-state index contributed by atoms with van der Waals surface area (Å²) in [5, 5.41) is 13.5. The third kappa shape index (κ3) is 10.5. The molecule has 0 saturated carbocycles. The highest BCUT2D eigenvalue weighted by atomic mass is 32.2. The lowest BCUT2D eigenvalue weighted by atomic mass is 10.3. The molecule has 12 nitrogen and oxygen atoms in total. The molecular formula is C28H44N6O6S. The number of ether oxygens (including phenoxy) is 4. The number of rotatable bonds is 4. The fourth-order valence-corrected chi connectivity index (χ4v) is 5.62. The molecule has 0 amide bonds. The second-order valence-corrected chi connectivity index (χ2v) is 11.6. The molecule has 2 aliphatic rings. The van der Waals surface area contributed by atoms with Gasteiger partial charge in [0, 0.05) is 37.6 Å². The standard InChI is InChI=1S/C28H44N6O6S/c35-41(36,27-5-1-25(2-6-27)33-21-29-9-13-37-17-18-38-14-10-30-22-33)28-7-3-26(4-8-28)34-23-31-11-15-39-19-20-40-16-12-32-24-34/h1-8,29-32H,9-24H2. The molecule has 228 valence electrons. The Morgan fingerprint density at radius 1 is 0.463 bits per heavy atom. The summed E-state index contributed by atoms with van der Waals surface area (Å²) in [6, 6.07) is 14.1. The van der Waals surface area contributed by atoms with Crippen molar-refractivity contribution in [1.29, 1.82) is 0 Å². The molecule has 2 heterocycles. The predicted molar refractivity (Wildman–Crippen MR) is 158 cm³/mol. The number of anilines is 2. The lowest BCUT2D eigenvalue weighted by Gasteiger charge is -2.26. The van der Waals surface area contributed by atoms with Crippen LogP contribution in [-0.4, -0.2) is 114 Å². The first kappa shape index (κ1) is 31.6. The van der Waals surface area contributed by atoms with Crippen LogP contribution in [0.15, 0.2) is 58.3 Å². The highest BCUT2D eigenvalue weighted by Gasteiger charge is 2.19. The summed E-state index contributed by atoms with van der Waals surface area (Å²) in [7, 11) is -3.67. The minimum atomic E-state index is -3.67. The first-order chi connectivity index (χ1) is 20.1. The average molecular weight is 593 g/mol. The molecule has 2 saturated heterocycles. The molecule has 0 aliphatic carbocycles. The minimum absolute atomic E-state index is 0.258. The van der Waals surface area contributed by atoms with Crippen molar-refractivity contribution in [3.63, 3.8) is 0 Å². The van der Waals surface area contributed by atoms with E-state index in [0.29, 0.717) is 106 Å². The van der Waals surface area contributed by atoms with Crippen LogP contribution >= 0.6 is 0 Å². The van der Waals surface area contributed by atoms with Crippen LogP contribution in [-0.2, 0) is 28.8 Å². The monoisotopic (exact) mass is 592 g/mol. The SMILES string of the molecule is O=S(=O)(c1ccc(N2CNCCOCCOCCNC2)cc1)c1ccc(N2CNCCOCCOCCNC2)cc1. The van der Waals surface area contributed by atoms with Gasteiger partial charge >= 0.3 is 0 Å². The van der Waals surface area contributed by atoms with Crippen molar-refractivity contribution in [3.8, 4) is 0 Å². The van der Waals surface area contributed by atoms with Crippen molar-refractivity contribution >= 4 is 21.2 Å². The van der Waals surface area contributed by atoms with Gasteiger partial charge in [0.1, 0.15) is 0 Å². The molecule has 0 radical (unpaired) electrons. The van der Waals surface area contributed by atoms with E-state index in [1.165, 1.54) is 0 Å².